The van der Waals surface area contributed by atoms with Crippen LogP contribution >= 0.6 is 0 Å². The van der Waals surface area contributed by atoms with Crippen molar-refractivity contribution in [2.75, 3.05) is 26.7 Å². The molecule has 1 aliphatic rings. The van der Waals surface area contributed by atoms with Gasteiger partial charge in [-0.25, -0.2) is 0 Å². The van der Waals surface area contributed by atoms with Gasteiger partial charge in [0.2, 0.25) is 0 Å². The molecule has 1 N–H and O–H groups in total. The molecular formula is C15H22N2O2. The standard InChI is InChI=1S/C15H22N2O2/c1-11-4-6-13(7-5-11)14(15(18)19)17-9-8-16(3)12(2)10-17/h4-7,12,14H,8-10H2,1-3H3,(H,18,19). The maximum absolute atomic E-state index is 11.6. The largest absolute Gasteiger partial charge is 0.480 e. The summed E-state index contributed by atoms with van der Waals surface area (Å²) in [6.45, 7) is 6.65. The summed E-state index contributed by atoms with van der Waals surface area (Å²) in [6.07, 6.45) is 0. The summed E-state index contributed by atoms with van der Waals surface area (Å²) in [5.74, 6) is -0.763. The van der Waals surface area contributed by atoms with E-state index in [-0.39, 0.29) is 0 Å². The van der Waals surface area contributed by atoms with Crippen LogP contribution in [0.1, 0.15) is 24.1 Å². The number of carboxylic acid groups (broad SMARTS) is 1. The summed E-state index contributed by atoms with van der Waals surface area (Å²) >= 11 is 0. The van der Waals surface area contributed by atoms with Gasteiger partial charge in [0.05, 0.1) is 0 Å². The summed E-state index contributed by atoms with van der Waals surface area (Å²) in [7, 11) is 2.09. The van der Waals surface area contributed by atoms with Crippen LogP contribution in [0.5, 0.6) is 0 Å². The van der Waals surface area contributed by atoms with Crippen molar-refractivity contribution in [2.24, 2.45) is 0 Å². The molecule has 1 aliphatic heterocycles. The van der Waals surface area contributed by atoms with Crippen LogP contribution < -0.4 is 0 Å². The van der Waals surface area contributed by atoms with Crippen LogP contribution in [0.4, 0.5) is 0 Å². The monoisotopic (exact) mass is 262 g/mol. The highest BCUT2D eigenvalue weighted by Crippen LogP contribution is 2.24. The van der Waals surface area contributed by atoms with E-state index >= 15 is 0 Å². The zero-order valence-electron chi connectivity index (χ0n) is 11.8. The number of rotatable bonds is 3. The lowest BCUT2D eigenvalue weighted by Gasteiger charge is -2.40. The first-order valence-electron chi connectivity index (χ1n) is 6.72. The van der Waals surface area contributed by atoms with Crippen LogP contribution in [0.15, 0.2) is 24.3 Å². The minimum absolute atomic E-state index is 0.390. The second-order valence-corrected chi connectivity index (χ2v) is 5.48. The number of hydrogen-bond donors (Lipinski definition) is 1. The molecule has 1 aromatic carbocycles. The van der Waals surface area contributed by atoms with Crippen molar-refractivity contribution in [1.82, 2.24) is 9.80 Å². The van der Waals surface area contributed by atoms with Crippen molar-refractivity contribution < 1.29 is 9.90 Å². The maximum Gasteiger partial charge on any atom is 0.325 e. The zero-order chi connectivity index (χ0) is 14.0. The minimum atomic E-state index is -0.763. The molecule has 4 nitrogen and oxygen atoms in total. The van der Waals surface area contributed by atoms with Gasteiger partial charge >= 0.3 is 5.97 Å². The van der Waals surface area contributed by atoms with E-state index in [1.54, 1.807) is 0 Å². The van der Waals surface area contributed by atoms with E-state index in [2.05, 4.69) is 23.8 Å². The molecule has 2 atom stereocenters. The summed E-state index contributed by atoms with van der Waals surface area (Å²) in [4.78, 5) is 16.0. The van der Waals surface area contributed by atoms with E-state index < -0.39 is 12.0 Å². The number of nitrogens with zero attached hydrogens (tertiary/aromatic N) is 2. The number of piperazine rings is 1. The number of carbonyl (C=O) groups is 1. The molecule has 2 rings (SSSR count). The van der Waals surface area contributed by atoms with Gasteiger partial charge in [0.25, 0.3) is 0 Å². The Balaban J connectivity index is 2.21. The Morgan fingerprint density at radius 3 is 2.47 bits per heavy atom. The minimum Gasteiger partial charge on any atom is -0.480 e. The van der Waals surface area contributed by atoms with Gasteiger partial charge in [-0.1, -0.05) is 29.8 Å². The van der Waals surface area contributed by atoms with Crippen molar-refractivity contribution in [1.29, 1.82) is 0 Å². The Kier molecular flexibility index (Phi) is 4.22. The van der Waals surface area contributed by atoms with Crippen LogP contribution in [0.25, 0.3) is 0 Å². The van der Waals surface area contributed by atoms with E-state index in [9.17, 15) is 9.90 Å². The molecule has 0 radical (unpaired) electrons. The first-order chi connectivity index (χ1) is 8.99. The molecule has 19 heavy (non-hydrogen) atoms. The predicted molar refractivity (Wildman–Crippen MR) is 75.2 cm³/mol. The number of aryl methyl sites for hydroxylation is 1. The number of likely N-dealkylation sites (N-methyl/N-ethyl adjacent to an activating group) is 1. The van der Waals surface area contributed by atoms with E-state index in [1.807, 2.05) is 31.2 Å². The maximum atomic E-state index is 11.6. The van der Waals surface area contributed by atoms with Crippen LogP contribution in [-0.2, 0) is 4.79 Å². The predicted octanol–water partition coefficient (Wildman–Crippen LogP) is 1.76. The first-order valence-corrected chi connectivity index (χ1v) is 6.72. The average molecular weight is 262 g/mol. The molecule has 1 fully saturated rings. The molecule has 0 spiro atoms. The fourth-order valence-corrected chi connectivity index (χ4v) is 2.57. The van der Waals surface area contributed by atoms with Crippen molar-refractivity contribution in [3.8, 4) is 0 Å². The molecule has 1 heterocycles. The molecule has 104 valence electrons. The van der Waals surface area contributed by atoms with Crippen molar-refractivity contribution in [2.45, 2.75) is 25.9 Å². The molecule has 0 aliphatic carbocycles. The molecular weight excluding hydrogens is 240 g/mol. The molecule has 4 heteroatoms. The van der Waals surface area contributed by atoms with Gasteiger partial charge in [0.15, 0.2) is 0 Å². The number of carboxylic acids is 1. The van der Waals surface area contributed by atoms with Gasteiger partial charge in [0, 0.05) is 25.7 Å². The normalized spacial score (nSPS) is 23.2. The molecule has 0 amide bonds. The van der Waals surface area contributed by atoms with Crippen LogP contribution in [0.2, 0.25) is 0 Å². The van der Waals surface area contributed by atoms with E-state index in [0.29, 0.717) is 6.04 Å². The Morgan fingerprint density at radius 2 is 1.95 bits per heavy atom. The topological polar surface area (TPSA) is 43.8 Å². The highest BCUT2D eigenvalue weighted by atomic mass is 16.4. The fraction of sp³-hybridized carbons (Fsp3) is 0.533. The Labute approximate surface area is 114 Å². The third kappa shape index (κ3) is 3.14. The third-order valence-electron chi connectivity index (χ3n) is 3.98. The van der Waals surface area contributed by atoms with Crippen LogP contribution in [-0.4, -0.2) is 53.6 Å². The summed E-state index contributed by atoms with van der Waals surface area (Å²) in [5, 5.41) is 9.55. The third-order valence-corrected chi connectivity index (χ3v) is 3.98. The average Bonchev–Trinajstić information content (AvgIpc) is 2.36. The van der Waals surface area contributed by atoms with Gasteiger partial charge in [0.1, 0.15) is 6.04 Å². The Bertz CT molecular complexity index is 444. The molecule has 0 bridgehead atoms. The second kappa shape index (κ2) is 5.72. The summed E-state index contributed by atoms with van der Waals surface area (Å²) in [6, 6.07) is 7.67. The number of hydrogen-bond acceptors (Lipinski definition) is 3. The number of aliphatic carboxylic acids is 1. The molecule has 1 aromatic rings. The van der Waals surface area contributed by atoms with Crippen molar-refractivity contribution >= 4 is 5.97 Å². The SMILES string of the molecule is Cc1ccc(C(C(=O)O)N2CCN(C)C(C)C2)cc1. The fourth-order valence-electron chi connectivity index (χ4n) is 2.57. The molecule has 2 unspecified atom stereocenters. The van der Waals surface area contributed by atoms with E-state index in [4.69, 9.17) is 0 Å². The molecule has 1 saturated heterocycles. The lowest BCUT2D eigenvalue weighted by molar-refractivity contribution is -0.144. The smallest absolute Gasteiger partial charge is 0.325 e. The van der Waals surface area contributed by atoms with Gasteiger partial charge in [-0.3, -0.25) is 9.69 Å². The summed E-state index contributed by atoms with van der Waals surface area (Å²) < 4.78 is 0. The summed E-state index contributed by atoms with van der Waals surface area (Å²) in [5.41, 5.74) is 2.02. The van der Waals surface area contributed by atoms with Gasteiger partial charge < -0.3 is 10.0 Å². The lowest BCUT2D eigenvalue weighted by Crippen LogP contribution is -2.52. The highest BCUT2D eigenvalue weighted by Gasteiger charge is 2.31. The number of benzene rings is 1. The van der Waals surface area contributed by atoms with Gasteiger partial charge in [-0.15, -0.1) is 0 Å². The lowest BCUT2D eigenvalue weighted by atomic mass is 10.0. The second-order valence-electron chi connectivity index (χ2n) is 5.48. The quantitative estimate of drug-likeness (QED) is 0.901. The van der Waals surface area contributed by atoms with Crippen molar-refractivity contribution in [3.63, 3.8) is 0 Å². The highest BCUT2D eigenvalue weighted by molar-refractivity contribution is 5.75. The Morgan fingerprint density at radius 1 is 1.32 bits per heavy atom. The van der Waals surface area contributed by atoms with E-state index in [1.165, 1.54) is 0 Å². The van der Waals surface area contributed by atoms with Gasteiger partial charge in [-0.05, 0) is 26.5 Å². The van der Waals surface area contributed by atoms with Crippen molar-refractivity contribution in [3.05, 3.63) is 35.4 Å². The molecule has 0 saturated carbocycles. The zero-order valence-corrected chi connectivity index (χ0v) is 11.8. The van der Waals surface area contributed by atoms with Gasteiger partial charge in [-0.2, -0.15) is 0 Å². The Hall–Kier alpha value is -1.39. The van der Waals surface area contributed by atoms with Crippen LogP contribution in [0, 0.1) is 6.92 Å². The van der Waals surface area contributed by atoms with E-state index in [0.717, 1.165) is 30.8 Å². The first kappa shape index (κ1) is 14.0. The van der Waals surface area contributed by atoms with Crippen LogP contribution in [0.3, 0.4) is 0 Å². The molecule has 0 aromatic heterocycles.